The molecule has 0 atom stereocenters. The summed E-state index contributed by atoms with van der Waals surface area (Å²) >= 11 is 0. The predicted octanol–water partition coefficient (Wildman–Crippen LogP) is 1.14. The maximum atomic E-state index is 13.0. The van der Waals surface area contributed by atoms with Gasteiger partial charge in [-0.15, -0.1) is 0 Å². The largest absolute Gasteiger partial charge is 0.480 e. The number of methoxy groups -OCH3 is 1. The zero-order chi connectivity index (χ0) is 14.4. The molecule has 1 rings (SSSR count). The fraction of sp³-hybridized carbons (Fsp3) is 0.333. The van der Waals surface area contributed by atoms with E-state index in [2.05, 4.69) is 0 Å². The Morgan fingerprint density at radius 2 is 2.00 bits per heavy atom. The van der Waals surface area contributed by atoms with Crippen LogP contribution in [0, 0.1) is 11.6 Å². The normalized spacial score (nSPS) is 10.3. The van der Waals surface area contributed by atoms with E-state index in [-0.39, 0.29) is 18.7 Å². The molecule has 0 saturated heterocycles. The van der Waals surface area contributed by atoms with E-state index in [0.29, 0.717) is 0 Å². The summed E-state index contributed by atoms with van der Waals surface area (Å²) in [5.41, 5.74) is -0.115. The number of nitrogens with zero attached hydrogens (tertiary/aromatic N) is 1. The molecule has 1 aromatic carbocycles. The maximum absolute atomic E-state index is 13.0. The Hall–Kier alpha value is -2.02. The van der Waals surface area contributed by atoms with Crippen LogP contribution in [0.1, 0.15) is 10.4 Å². The molecule has 1 amide bonds. The molecule has 1 N–H and O–H groups in total. The number of carboxylic acids is 1. The quantitative estimate of drug-likeness (QED) is 0.844. The Balaban J connectivity index is 2.90. The fourth-order valence-electron chi connectivity index (χ4n) is 1.43. The van der Waals surface area contributed by atoms with Gasteiger partial charge in [0, 0.05) is 19.2 Å². The predicted molar refractivity (Wildman–Crippen MR) is 61.8 cm³/mol. The molecule has 5 nitrogen and oxygen atoms in total. The molecule has 0 unspecified atom stereocenters. The van der Waals surface area contributed by atoms with E-state index in [4.69, 9.17) is 9.84 Å². The number of halogens is 2. The average Bonchev–Trinajstić information content (AvgIpc) is 2.36. The van der Waals surface area contributed by atoms with Crippen LogP contribution in [-0.2, 0) is 9.53 Å². The lowest BCUT2D eigenvalue weighted by Crippen LogP contribution is -2.38. The number of hydrogen-bond acceptors (Lipinski definition) is 3. The van der Waals surface area contributed by atoms with Gasteiger partial charge in [0.25, 0.3) is 5.91 Å². The van der Waals surface area contributed by atoms with Gasteiger partial charge in [-0.3, -0.25) is 9.59 Å². The number of carbonyl (C=O) groups excluding carboxylic acids is 1. The number of rotatable bonds is 6. The molecule has 0 saturated carbocycles. The van der Waals surface area contributed by atoms with Crippen molar-refractivity contribution in [2.45, 2.75) is 0 Å². The summed E-state index contributed by atoms with van der Waals surface area (Å²) in [5, 5.41) is 8.71. The molecule has 1 aromatic rings. The van der Waals surface area contributed by atoms with Gasteiger partial charge in [-0.05, 0) is 18.2 Å². The first-order valence-electron chi connectivity index (χ1n) is 5.40. The number of amides is 1. The molecule has 0 bridgehead atoms. The first-order chi connectivity index (χ1) is 8.95. The lowest BCUT2D eigenvalue weighted by Gasteiger charge is -2.20. The van der Waals surface area contributed by atoms with E-state index in [1.165, 1.54) is 7.11 Å². The average molecular weight is 273 g/mol. The molecule has 0 aliphatic carbocycles. The molecule has 0 aliphatic rings. The van der Waals surface area contributed by atoms with Crippen LogP contribution in [0.15, 0.2) is 18.2 Å². The van der Waals surface area contributed by atoms with Gasteiger partial charge in [-0.1, -0.05) is 0 Å². The second kappa shape index (κ2) is 6.79. The van der Waals surface area contributed by atoms with Crippen molar-refractivity contribution in [1.29, 1.82) is 0 Å². The van der Waals surface area contributed by atoms with Gasteiger partial charge in [-0.2, -0.15) is 0 Å². The zero-order valence-corrected chi connectivity index (χ0v) is 10.2. The molecule has 0 aliphatic heterocycles. The summed E-state index contributed by atoms with van der Waals surface area (Å²) in [4.78, 5) is 23.6. The van der Waals surface area contributed by atoms with Crippen LogP contribution in [-0.4, -0.2) is 48.7 Å². The summed E-state index contributed by atoms with van der Waals surface area (Å²) in [6.07, 6.45) is 0. The van der Waals surface area contributed by atoms with Crippen LogP contribution in [0.4, 0.5) is 8.78 Å². The lowest BCUT2D eigenvalue weighted by molar-refractivity contribution is -0.137. The number of ether oxygens (including phenoxy) is 1. The third-order valence-corrected chi connectivity index (χ3v) is 2.35. The summed E-state index contributed by atoms with van der Waals surface area (Å²) in [6, 6.07) is 2.65. The van der Waals surface area contributed by atoms with Crippen molar-refractivity contribution in [2.24, 2.45) is 0 Å². The summed E-state index contributed by atoms with van der Waals surface area (Å²) in [7, 11) is 1.40. The molecule has 19 heavy (non-hydrogen) atoms. The topological polar surface area (TPSA) is 66.8 Å². The molecule has 0 spiro atoms. The third-order valence-electron chi connectivity index (χ3n) is 2.35. The molecule has 0 radical (unpaired) electrons. The van der Waals surface area contributed by atoms with Crippen LogP contribution in [0.3, 0.4) is 0 Å². The van der Waals surface area contributed by atoms with Gasteiger partial charge in [-0.25, -0.2) is 8.78 Å². The Morgan fingerprint density at radius 1 is 1.32 bits per heavy atom. The first kappa shape index (κ1) is 15.0. The van der Waals surface area contributed by atoms with E-state index in [9.17, 15) is 18.4 Å². The summed E-state index contributed by atoms with van der Waals surface area (Å²) < 4.78 is 30.6. The SMILES string of the molecule is COCCN(CC(=O)O)C(=O)c1ccc(F)c(F)c1. The van der Waals surface area contributed by atoms with Crippen LogP contribution in [0.25, 0.3) is 0 Å². The van der Waals surface area contributed by atoms with Crippen LogP contribution in [0.2, 0.25) is 0 Å². The van der Waals surface area contributed by atoms with Crippen molar-refractivity contribution in [3.63, 3.8) is 0 Å². The third kappa shape index (κ3) is 4.29. The minimum Gasteiger partial charge on any atom is -0.480 e. The van der Waals surface area contributed by atoms with Crippen LogP contribution >= 0.6 is 0 Å². The molecule has 104 valence electrons. The number of benzene rings is 1. The minimum absolute atomic E-state index is 0.0423. The van der Waals surface area contributed by atoms with Gasteiger partial charge in [0.05, 0.1) is 6.61 Å². The standard InChI is InChI=1S/C12H13F2NO4/c1-19-5-4-15(7-11(16)17)12(18)8-2-3-9(13)10(14)6-8/h2-3,6H,4-5,7H2,1H3,(H,16,17). The fourth-order valence-corrected chi connectivity index (χ4v) is 1.43. The molecular formula is C12H13F2NO4. The highest BCUT2D eigenvalue weighted by molar-refractivity contribution is 5.95. The lowest BCUT2D eigenvalue weighted by atomic mass is 10.2. The van der Waals surface area contributed by atoms with Gasteiger partial charge >= 0.3 is 5.97 Å². The highest BCUT2D eigenvalue weighted by Gasteiger charge is 2.19. The van der Waals surface area contributed by atoms with Crippen molar-refractivity contribution in [3.8, 4) is 0 Å². The number of carbonyl (C=O) groups is 2. The van der Waals surface area contributed by atoms with Crippen LogP contribution < -0.4 is 0 Å². The van der Waals surface area contributed by atoms with Crippen LogP contribution in [0.5, 0.6) is 0 Å². The van der Waals surface area contributed by atoms with Gasteiger partial charge in [0.1, 0.15) is 6.54 Å². The van der Waals surface area contributed by atoms with Crippen molar-refractivity contribution >= 4 is 11.9 Å². The van der Waals surface area contributed by atoms with E-state index < -0.39 is 30.1 Å². The molecule has 0 fully saturated rings. The molecule has 7 heteroatoms. The van der Waals surface area contributed by atoms with E-state index in [1.54, 1.807) is 0 Å². The van der Waals surface area contributed by atoms with Gasteiger partial charge < -0.3 is 14.7 Å². The van der Waals surface area contributed by atoms with E-state index >= 15 is 0 Å². The summed E-state index contributed by atoms with van der Waals surface area (Å²) in [5.74, 6) is -4.13. The van der Waals surface area contributed by atoms with E-state index in [0.717, 1.165) is 23.1 Å². The second-order valence-electron chi connectivity index (χ2n) is 3.74. The monoisotopic (exact) mass is 273 g/mol. The highest BCUT2D eigenvalue weighted by Crippen LogP contribution is 2.11. The first-order valence-corrected chi connectivity index (χ1v) is 5.40. The number of aliphatic carboxylic acids is 1. The van der Waals surface area contributed by atoms with E-state index in [1.807, 2.05) is 0 Å². The smallest absolute Gasteiger partial charge is 0.323 e. The number of carboxylic acid groups (broad SMARTS) is 1. The molecular weight excluding hydrogens is 260 g/mol. The highest BCUT2D eigenvalue weighted by atomic mass is 19.2. The molecule has 0 heterocycles. The number of hydrogen-bond donors (Lipinski definition) is 1. The molecule has 0 aromatic heterocycles. The minimum atomic E-state index is -1.20. The second-order valence-corrected chi connectivity index (χ2v) is 3.74. The summed E-state index contributed by atoms with van der Waals surface area (Å²) in [6.45, 7) is -0.357. The van der Waals surface area contributed by atoms with Gasteiger partial charge in [0.15, 0.2) is 11.6 Å². The Kier molecular flexibility index (Phi) is 5.37. The maximum Gasteiger partial charge on any atom is 0.323 e. The Bertz CT molecular complexity index is 479. The zero-order valence-electron chi connectivity index (χ0n) is 10.2. The van der Waals surface area contributed by atoms with Crippen molar-refractivity contribution < 1.29 is 28.2 Å². The Labute approximate surface area is 108 Å². The Morgan fingerprint density at radius 3 is 2.53 bits per heavy atom. The van der Waals surface area contributed by atoms with Crippen molar-refractivity contribution in [1.82, 2.24) is 4.90 Å². The van der Waals surface area contributed by atoms with Gasteiger partial charge in [0.2, 0.25) is 0 Å². The van der Waals surface area contributed by atoms with Crippen molar-refractivity contribution in [3.05, 3.63) is 35.4 Å². The van der Waals surface area contributed by atoms with Crippen molar-refractivity contribution in [2.75, 3.05) is 26.8 Å².